The summed E-state index contributed by atoms with van der Waals surface area (Å²) in [7, 11) is 0. The number of aliphatic hydroxyl groups is 1. The molecular weight excluding hydrogens is 212 g/mol. The molecule has 0 aliphatic rings. The Labute approximate surface area is 94.3 Å². The van der Waals surface area contributed by atoms with Crippen molar-refractivity contribution in [1.29, 1.82) is 5.26 Å². The summed E-state index contributed by atoms with van der Waals surface area (Å²) in [6.45, 7) is 2.34. The molecule has 0 saturated heterocycles. The molecule has 80 valence electrons. The molecule has 0 fully saturated rings. The Balaban J connectivity index is 2.73. The number of nitriles is 1. The number of hydrogen-bond donors (Lipinski definition) is 2. The Morgan fingerprint density at radius 2 is 2.33 bits per heavy atom. The molecular formula is C11H13ClN2O. The van der Waals surface area contributed by atoms with Crippen molar-refractivity contribution in [3.05, 3.63) is 28.8 Å². The Bertz CT molecular complexity index is 373. The van der Waals surface area contributed by atoms with Crippen molar-refractivity contribution in [2.24, 2.45) is 0 Å². The monoisotopic (exact) mass is 224 g/mol. The number of nitrogens with one attached hydrogen (secondary N) is 1. The molecule has 3 nitrogen and oxygen atoms in total. The first-order valence-corrected chi connectivity index (χ1v) is 5.16. The molecule has 0 aliphatic heterocycles. The highest BCUT2D eigenvalue weighted by molar-refractivity contribution is 6.30. The van der Waals surface area contributed by atoms with E-state index in [0.29, 0.717) is 29.2 Å². The van der Waals surface area contributed by atoms with Gasteiger partial charge < -0.3 is 10.4 Å². The topological polar surface area (TPSA) is 56.0 Å². The van der Waals surface area contributed by atoms with Crippen LogP contribution in [0.1, 0.15) is 18.9 Å². The van der Waals surface area contributed by atoms with Gasteiger partial charge in [-0.2, -0.15) is 5.26 Å². The second-order valence-electron chi connectivity index (χ2n) is 3.24. The molecule has 1 unspecified atom stereocenters. The summed E-state index contributed by atoms with van der Waals surface area (Å²) >= 11 is 5.76. The Morgan fingerprint density at radius 3 is 2.93 bits per heavy atom. The van der Waals surface area contributed by atoms with E-state index in [1.54, 1.807) is 18.2 Å². The molecule has 0 saturated carbocycles. The molecule has 1 aromatic carbocycles. The molecule has 0 aliphatic carbocycles. The van der Waals surface area contributed by atoms with Crippen LogP contribution in [0.2, 0.25) is 5.02 Å². The van der Waals surface area contributed by atoms with Crippen LogP contribution in [0.3, 0.4) is 0 Å². The molecule has 0 radical (unpaired) electrons. The van der Waals surface area contributed by atoms with Crippen molar-refractivity contribution in [1.82, 2.24) is 0 Å². The van der Waals surface area contributed by atoms with E-state index >= 15 is 0 Å². The minimum Gasteiger partial charge on any atom is -0.391 e. The van der Waals surface area contributed by atoms with Gasteiger partial charge in [0.15, 0.2) is 0 Å². The third-order valence-electron chi connectivity index (χ3n) is 2.10. The molecule has 0 bridgehead atoms. The fraction of sp³-hybridized carbons (Fsp3) is 0.364. The van der Waals surface area contributed by atoms with E-state index in [-0.39, 0.29) is 0 Å². The Kier molecular flexibility index (Phi) is 4.41. The van der Waals surface area contributed by atoms with Crippen LogP contribution >= 0.6 is 11.6 Å². The van der Waals surface area contributed by atoms with Crippen molar-refractivity contribution in [2.75, 3.05) is 11.9 Å². The zero-order chi connectivity index (χ0) is 11.3. The fourth-order valence-electron chi connectivity index (χ4n) is 1.14. The number of benzene rings is 1. The summed E-state index contributed by atoms with van der Waals surface area (Å²) in [5, 5.41) is 21.8. The van der Waals surface area contributed by atoms with Gasteiger partial charge >= 0.3 is 0 Å². The van der Waals surface area contributed by atoms with Gasteiger partial charge in [0.2, 0.25) is 0 Å². The van der Waals surface area contributed by atoms with E-state index < -0.39 is 6.10 Å². The number of halogens is 1. The van der Waals surface area contributed by atoms with Crippen molar-refractivity contribution in [3.63, 3.8) is 0 Å². The van der Waals surface area contributed by atoms with E-state index in [9.17, 15) is 5.11 Å². The molecule has 1 rings (SSSR count). The minimum absolute atomic E-state index is 0.396. The van der Waals surface area contributed by atoms with E-state index in [0.717, 1.165) is 0 Å². The Morgan fingerprint density at radius 1 is 1.60 bits per heavy atom. The highest BCUT2D eigenvalue weighted by Gasteiger charge is 2.04. The van der Waals surface area contributed by atoms with Gasteiger partial charge in [0.25, 0.3) is 0 Å². The Hall–Kier alpha value is -1.24. The maximum absolute atomic E-state index is 9.37. The smallest absolute Gasteiger partial charge is 0.101 e. The average Bonchev–Trinajstić information content (AvgIpc) is 2.26. The van der Waals surface area contributed by atoms with Crippen LogP contribution in [0.4, 0.5) is 5.69 Å². The van der Waals surface area contributed by atoms with E-state index in [1.165, 1.54) is 0 Å². The van der Waals surface area contributed by atoms with Gasteiger partial charge in [-0.3, -0.25) is 0 Å². The summed E-state index contributed by atoms with van der Waals surface area (Å²) in [5.74, 6) is 0. The maximum Gasteiger partial charge on any atom is 0.101 e. The van der Waals surface area contributed by atoms with Crippen molar-refractivity contribution < 1.29 is 5.11 Å². The standard InChI is InChI=1S/C11H13ClN2O/c1-2-10(15)7-14-11-4-3-9(12)5-8(11)6-13/h3-5,10,14-15H,2,7H2,1H3. The molecule has 2 N–H and O–H groups in total. The molecule has 0 spiro atoms. The van der Waals surface area contributed by atoms with Crippen LogP contribution in [0.5, 0.6) is 0 Å². The maximum atomic E-state index is 9.37. The molecule has 1 atom stereocenters. The second kappa shape index (κ2) is 5.59. The third-order valence-corrected chi connectivity index (χ3v) is 2.34. The van der Waals surface area contributed by atoms with E-state index in [4.69, 9.17) is 16.9 Å². The van der Waals surface area contributed by atoms with E-state index in [2.05, 4.69) is 5.32 Å². The van der Waals surface area contributed by atoms with Gasteiger partial charge in [-0.05, 0) is 24.6 Å². The summed E-state index contributed by atoms with van der Waals surface area (Å²) in [6.07, 6.45) is 0.287. The number of hydrogen-bond acceptors (Lipinski definition) is 3. The first-order valence-electron chi connectivity index (χ1n) is 4.79. The summed E-state index contributed by atoms with van der Waals surface area (Å²) in [4.78, 5) is 0. The molecule has 0 heterocycles. The largest absolute Gasteiger partial charge is 0.391 e. The van der Waals surface area contributed by atoms with Crippen LogP contribution < -0.4 is 5.32 Å². The summed E-state index contributed by atoms with van der Waals surface area (Å²) < 4.78 is 0. The second-order valence-corrected chi connectivity index (χ2v) is 3.68. The van der Waals surface area contributed by atoms with Gasteiger partial charge in [-0.25, -0.2) is 0 Å². The molecule has 4 heteroatoms. The predicted octanol–water partition coefficient (Wildman–Crippen LogP) is 2.39. The SMILES string of the molecule is CCC(O)CNc1ccc(Cl)cc1C#N. The number of anilines is 1. The lowest BCUT2D eigenvalue weighted by atomic mass is 10.2. The van der Waals surface area contributed by atoms with Crippen LogP contribution in [-0.2, 0) is 0 Å². The normalized spacial score (nSPS) is 11.9. The summed E-state index contributed by atoms with van der Waals surface area (Å²) in [5.41, 5.74) is 1.19. The first-order chi connectivity index (χ1) is 7.17. The lowest BCUT2D eigenvalue weighted by Gasteiger charge is -2.11. The van der Waals surface area contributed by atoms with Crippen LogP contribution in [-0.4, -0.2) is 17.8 Å². The number of nitrogens with zero attached hydrogens (tertiary/aromatic N) is 1. The van der Waals surface area contributed by atoms with Gasteiger partial charge in [-0.15, -0.1) is 0 Å². The first kappa shape index (κ1) is 11.8. The van der Waals surface area contributed by atoms with Gasteiger partial charge in [0.1, 0.15) is 6.07 Å². The fourth-order valence-corrected chi connectivity index (χ4v) is 1.31. The van der Waals surface area contributed by atoms with Crippen molar-refractivity contribution in [3.8, 4) is 6.07 Å². The van der Waals surface area contributed by atoms with Crippen LogP contribution in [0.15, 0.2) is 18.2 Å². The third kappa shape index (κ3) is 3.43. The van der Waals surface area contributed by atoms with E-state index in [1.807, 2.05) is 13.0 Å². The van der Waals surface area contributed by atoms with Crippen molar-refractivity contribution >= 4 is 17.3 Å². The van der Waals surface area contributed by atoms with Gasteiger partial charge in [0.05, 0.1) is 17.4 Å². The van der Waals surface area contributed by atoms with Crippen molar-refractivity contribution in [2.45, 2.75) is 19.4 Å². The molecule has 0 aromatic heterocycles. The lowest BCUT2D eigenvalue weighted by Crippen LogP contribution is -2.18. The van der Waals surface area contributed by atoms with Gasteiger partial charge in [0, 0.05) is 11.6 Å². The van der Waals surface area contributed by atoms with Gasteiger partial charge in [-0.1, -0.05) is 18.5 Å². The predicted molar refractivity (Wildman–Crippen MR) is 61.0 cm³/mol. The molecule has 15 heavy (non-hydrogen) atoms. The zero-order valence-corrected chi connectivity index (χ0v) is 9.25. The summed E-state index contributed by atoms with van der Waals surface area (Å²) in [6, 6.07) is 7.10. The highest BCUT2D eigenvalue weighted by Crippen LogP contribution is 2.19. The number of aliphatic hydroxyl groups excluding tert-OH is 1. The molecule has 0 amide bonds. The lowest BCUT2D eigenvalue weighted by molar-refractivity contribution is 0.183. The van der Waals surface area contributed by atoms with Crippen LogP contribution in [0.25, 0.3) is 0 Å². The molecule has 1 aromatic rings. The minimum atomic E-state index is -0.396. The number of rotatable bonds is 4. The quantitative estimate of drug-likeness (QED) is 0.826. The zero-order valence-electron chi connectivity index (χ0n) is 8.50. The highest BCUT2D eigenvalue weighted by atomic mass is 35.5. The van der Waals surface area contributed by atoms with Crippen LogP contribution in [0, 0.1) is 11.3 Å². The average molecular weight is 225 g/mol.